The average molecular weight is 114 g/mol. The molecule has 1 fully saturated rings. The molecule has 2 atom stereocenters. The van der Waals surface area contributed by atoms with Crippen LogP contribution in [0.15, 0.2) is 0 Å². The minimum absolute atomic E-state index is 0.571. The van der Waals surface area contributed by atoms with E-state index in [4.69, 9.17) is 4.74 Å². The van der Waals surface area contributed by atoms with Crippen LogP contribution in [0.1, 0.15) is 33.1 Å². The molecule has 0 N–H and O–H groups in total. The van der Waals surface area contributed by atoms with E-state index in [0.29, 0.717) is 12.2 Å². The quantitative estimate of drug-likeness (QED) is 0.511. The molecule has 0 amide bonds. The summed E-state index contributed by atoms with van der Waals surface area (Å²) in [5, 5.41) is 0. The molecule has 0 spiro atoms. The lowest BCUT2D eigenvalue weighted by molar-refractivity contribution is 0.366. The highest BCUT2D eigenvalue weighted by Crippen LogP contribution is 2.25. The van der Waals surface area contributed by atoms with E-state index < -0.39 is 0 Å². The Morgan fingerprint density at radius 3 is 2.50 bits per heavy atom. The lowest BCUT2D eigenvalue weighted by Gasteiger charge is -1.87. The minimum Gasteiger partial charge on any atom is -0.370 e. The standard InChI is InChI=1S/C7H14O/c1-3-4-5-7-6(2)8-7/h6-7H,3-5H2,1-2H3/t6-,7+/m1/s1. The molecule has 0 radical (unpaired) electrons. The Bertz CT molecular complexity index is 70.8. The van der Waals surface area contributed by atoms with E-state index in [1.54, 1.807) is 0 Å². The Morgan fingerprint density at radius 2 is 2.12 bits per heavy atom. The van der Waals surface area contributed by atoms with Crippen LogP contribution in [-0.4, -0.2) is 12.2 Å². The summed E-state index contributed by atoms with van der Waals surface area (Å²) in [6.45, 7) is 4.35. The van der Waals surface area contributed by atoms with Crippen LogP contribution in [0.2, 0.25) is 0 Å². The molecule has 1 aliphatic heterocycles. The van der Waals surface area contributed by atoms with E-state index in [0.717, 1.165) is 0 Å². The van der Waals surface area contributed by atoms with Gasteiger partial charge in [0.2, 0.25) is 0 Å². The summed E-state index contributed by atoms with van der Waals surface area (Å²) in [6.07, 6.45) is 5.09. The maximum absolute atomic E-state index is 5.22. The summed E-state index contributed by atoms with van der Waals surface area (Å²) in [5.74, 6) is 0. The van der Waals surface area contributed by atoms with Gasteiger partial charge in [0, 0.05) is 0 Å². The van der Waals surface area contributed by atoms with Gasteiger partial charge in [0.05, 0.1) is 12.2 Å². The molecular weight excluding hydrogens is 100 g/mol. The highest BCUT2D eigenvalue weighted by atomic mass is 16.6. The van der Waals surface area contributed by atoms with E-state index in [-0.39, 0.29) is 0 Å². The maximum Gasteiger partial charge on any atom is 0.0839 e. The molecule has 0 bridgehead atoms. The van der Waals surface area contributed by atoms with Gasteiger partial charge >= 0.3 is 0 Å². The molecule has 0 aromatic carbocycles. The number of epoxide rings is 1. The van der Waals surface area contributed by atoms with Crippen molar-refractivity contribution in [3.05, 3.63) is 0 Å². The fourth-order valence-corrected chi connectivity index (χ4v) is 0.938. The van der Waals surface area contributed by atoms with Gasteiger partial charge in [0.1, 0.15) is 0 Å². The minimum atomic E-state index is 0.571. The van der Waals surface area contributed by atoms with Gasteiger partial charge in [-0.1, -0.05) is 19.8 Å². The zero-order valence-electron chi connectivity index (χ0n) is 5.68. The van der Waals surface area contributed by atoms with Crippen LogP contribution in [0, 0.1) is 0 Å². The molecule has 48 valence electrons. The highest BCUT2D eigenvalue weighted by molar-refractivity contribution is 4.79. The first-order chi connectivity index (χ1) is 3.84. The van der Waals surface area contributed by atoms with Crippen LogP contribution in [0.5, 0.6) is 0 Å². The second kappa shape index (κ2) is 2.49. The molecule has 0 aromatic heterocycles. The molecule has 0 aliphatic carbocycles. The molecular formula is C7H14O. The summed E-state index contributed by atoms with van der Waals surface area (Å²) in [5.41, 5.74) is 0. The second-order valence-corrected chi connectivity index (χ2v) is 2.52. The fraction of sp³-hybridized carbons (Fsp3) is 1.00. The molecule has 1 aliphatic rings. The first-order valence-electron chi connectivity index (χ1n) is 3.50. The normalized spacial score (nSPS) is 35.2. The van der Waals surface area contributed by atoms with E-state index >= 15 is 0 Å². The van der Waals surface area contributed by atoms with Gasteiger partial charge in [-0.05, 0) is 13.3 Å². The molecule has 0 unspecified atom stereocenters. The van der Waals surface area contributed by atoms with Crippen LogP contribution in [0.3, 0.4) is 0 Å². The van der Waals surface area contributed by atoms with Gasteiger partial charge in [0.25, 0.3) is 0 Å². The third kappa shape index (κ3) is 1.48. The lowest BCUT2D eigenvalue weighted by atomic mass is 10.2. The molecule has 1 nitrogen and oxygen atoms in total. The summed E-state index contributed by atoms with van der Waals surface area (Å²) in [6, 6.07) is 0. The number of hydrogen-bond donors (Lipinski definition) is 0. The molecule has 0 aromatic rings. The zero-order valence-corrected chi connectivity index (χ0v) is 5.68. The summed E-state index contributed by atoms with van der Waals surface area (Å²) < 4.78 is 5.22. The van der Waals surface area contributed by atoms with Crippen molar-refractivity contribution < 1.29 is 4.74 Å². The predicted octanol–water partition coefficient (Wildman–Crippen LogP) is 1.96. The number of unbranched alkanes of at least 4 members (excludes halogenated alkanes) is 1. The molecule has 1 rings (SSSR count). The fourth-order valence-electron chi connectivity index (χ4n) is 0.938. The predicted molar refractivity (Wildman–Crippen MR) is 33.9 cm³/mol. The highest BCUT2D eigenvalue weighted by Gasteiger charge is 2.32. The van der Waals surface area contributed by atoms with Crippen molar-refractivity contribution in [1.82, 2.24) is 0 Å². The smallest absolute Gasteiger partial charge is 0.0839 e. The van der Waals surface area contributed by atoms with Crippen LogP contribution in [0.25, 0.3) is 0 Å². The van der Waals surface area contributed by atoms with Crippen LogP contribution in [0.4, 0.5) is 0 Å². The third-order valence-electron chi connectivity index (χ3n) is 1.68. The Morgan fingerprint density at radius 1 is 1.50 bits per heavy atom. The van der Waals surface area contributed by atoms with Gasteiger partial charge < -0.3 is 4.74 Å². The Hall–Kier alpha value is -0.0400. The van der Waals surface area contributed by atoms with Crippen molar-refractivity contribution in [1.29, 1.82) is 0 Å². The van der Waals surface area contributed by atoms with Crippen molar-refractivity contribution >= 4 is 0 Å². The molecule has 1 heterocycles. The second-order valence-electron chi connectivity index (χ2n) is 2.52. The van der Waals surface area contributed by atoms with Gasteiger partial charge in [-0.3, -0.25) is 0 Å². The summed E-state index contributed by atoms with van der Waals surface area (Å²) in [4.78, 5) is 0. The first-order valence-corrected chi connectivity index (χ1v) is 3.50. The van der Waals surface area contributed by atoms with Crippen molar-refractivity contribution in [2.24, 2.45) is 0 Å². The van der Waals surface area contributed by atoms with Crippen molar-refractivity contribution in [3.63, 3.8) is 0 Å². The lowest BCUT2D eigenvalue weighted by Crippen LogP contribution is -1.87. The largest absolute Gasteiger partial charge is 0.370 e. The third-order valence-corrected chi connectivity index (χ3v) is 1.68. The Balaban J connectivity index is 1.89. The van der Waals surface area contributed by atoms with Crippen molar-refractivity contribution in [2.75, 3.05) is 0 Å². The van der Waals surface area contributed by atoms with Crippen LogP contribution >= 0.6 is 0 Å². The Labute approximate surface area is 51.0 Å². The Kier molecular flexibility index (Phi) is 1.90. The van der Waals surface area contributed by atoms with Crippen LogP contribution < -0.4 is 0 Å². The summed E-state index contributed by atoms with van der Waals surface area (Å²) >= 11 is 0. The number of rotatable bonds is 3. The SMILES string of the molecule is CCCC[C@@H]1O[C@@H]1C. The maximum atomic E-state index is 5.22. The molecule has 1 saturated heterocycles. The van der Waals surface area contributed by atoms with Gasteiger partial charge in [-0.2, -0.15) is 0 Å². The van der Waals surface area contributed by atoms with E-state index in [1.807, 2.05) is 0 Å². The van der Waals surface area contributed by atoms with Gasteiger partial charge in [-0.15, -0.1) is 0 Å². The molecule has 8 heavy (non-hydrogen) atoms. The summed E-state index contributed by atoms with van der Waals surface area (Å²) in [7, 11) is 0. The monoisotopic (exact) mass is 114 g/mol. The molecule has 1 heteroatoms. The number of ether oxygens (including phenoxy) is 1. The first kappa shape index (κ1) is 6.09. The zero-order chi connectivity index (χ0) is 5.98. The number of hydrogen-bond acceptors (Lipinski definition) is 1. The average Bonchev–Trinajstić information content (AvgIpc) is 2.42. The van der Waals surface area contributed by atoms with E-state index in [2.05, 4.69) is 13.8 Å². The van der Waals surface area contributed by atoms with E-state index in [1.165, 1.54) is 19.3 Å². The van der Waals surface area contributed by atoms with Crippen LogP contribution in [-0.2, 0) is 4.74 Å². The topological polar surface area (TPSA) is 12.5 Å². The van der Waals surface area contributed by atoms with E-state index in [9.17, 15) is 0 Å². The van der Waals surface area contributed by atoms with Gasteiger partial charge in [0.15, 0.2) is 0 Å². The van der Waals surface area contributed by atoms with Crippen molar-refractivity contribution in [2.45, 2.75) is 45.3 Å². The molecule has 0 saturated carbocycles. The van der Waals surface area contributed by atoms with Crippen molar-refractivity contribution in [3.8, 4) is 0 Å². The van der Waals surface area contributed by atoms with Gasteiger partial charge in [-0.25, -0.2) is 0 Å².